The smallest absolute Gasteiger partial charge is 0.347 e. The number of para-hydroxylation sites is 1. The van der Waals surface area contributed by atoms with E-state index in [4.69, 9.17) is 16.3 Å². The van der Waals surface area contributed by atoms with E-state index in [2.05, 4.69) is 15.3 Å². The Morgan fingerprint density at radius 3 is 2.41 bits per heavy atom. The highest BCUT2D eigenvalue weighted by atomic mass is 35.5. The number of halogens is 1. The maximum absolute atomic E-state index is 13.6. The number of aryl methyl sites for hydroxylation is 2. The SMILES string of the molecule is Cc1cc(C)nc(O[C@H](C(=O)O)[C@@]2(c3ccccc3)NCC(=O)N(Cc3cccc(Cl)c3)c3ccccc32)n1. The van der Waals surface area contributed by atoms with E-state index in [1.54, 1.807) is 36.9 Å². The van der Waals surface area contributed by atoms with E-state index in [0.29, 0.717) is 33.2 Å². The molecule has 1 aliphatic rings. The number of hydrogen-bond acceptors (Lipinski definition) is 6. The molecule has 5 rings (SSSR count). The molecule has 1 aliphatic heterocycles. The Labute approximate surface area is 231 Å². The molecule has 0 radical (unpaired) electrons. The zero-order valence-electron chi connectivity index (χ0n) is 21.5. The summed E-state index contributed by atoms with van der Waals surface area (Å²) in [6.45, 7) is 3.68. The molecule has 8 nitrogen and oxygen atoms in total. The second-order valence-electron chi connectivity index (χ2n) is 9.42. The average molecular weight is 543 g/mol. The standard InChI is InChI=1S/C30H27ClN4O4/c1-19-15-20(2)34-29(33-19)39-27(28(37)38)30(22-10-4-3-5-11-22)24-13-6-7-14-25(24)35(26(36)17-32-30)18-21-9-8-12-23(31)16-21/h3-16,27,32H,17-18H2,1-2H3,(H,37,38)/t27-,30+/m1/s1. The monoisotopic (exact) mass is 542 g/mol. The number of carboxylic acids is 1. The number of ether oxygens (including phenoxy) is 1. The number of benzene rings is 3. The molecule has 0 unspecified atom stereocenters. The third-order valence-corrected chi connectivity index (χ3v) is 6.94. The first-order valence-electron chi connectivity index (χ1n) is 12.4. The lowest BCUT2D eigenvalue weighted by Gasteiger charge is -2.39. The Morgan fingerprint density at radius 2 is 1.72 bits per heavy atom. The summed E-state index contributed by atoms with van der Waals surface area (Å²) in [5.41, 5.74) is 2.41. The molecule has 9 heteroatoms. The van der Waals surface area contributed by atoms with Gasteiger partial charge in [0.15, 0.2) is 0 Å². The Kier molecular flexibility index (Phi) is 7.32. The van der Waals surface area contributed by atoms with Crippen LogP contribution in [0.1, 0.15) is 28.1 Å². The summed E-state index contributed by atoms with van der Waals surface area (Å²) < 4.78 is 6.12. The Morgan fingerprint density at radius 1 is 1.03 bits per heavy atom. The molecular weight excluding hydrogens is 516 g/mol. The lowest BCUT2D eigenvalue weighted by molar-refractivity contribution is -0.149. The number of hydrogen-bond donors (Lipinski definition) is 2. The van der Waals surface area contributed by atoms with Crippen molar-refractivity contribution in [3.05, 3.63) is 118 Å². The van der Waals surface area contributed by atoms with E-state index in [-0.39, 0.29) is 25.0 Å². The first kappa shape index (κ1) is 26.3. The van der Waals surface area contributed by atoms with Crippen molar-refractivity contribution in [2.24, 2.45) is 0 Å². The van der Waals surface area contributed by atoms with Gasteiger partial charge in [-0.3, -0.25) is 10.1 Å². The second kappa shape index (κ2) is 10.8. The molecule has 0 saturated carbocycles. The summed E-state index contributed by atoms with van der Waals surface area (Å²) in [4.78, 5) is 37.0. The molecule has 0 saturated heterocycles. The fourth-order valence-corrected chi connectivity index (χ4v) is 5.31. The van der Waals surface area contributed by atoms with E-state index in [0.717, 1.165) is 5.56 Å². The van der Waals surface area contributed by atoms with E-state index in [1.807, 2.05) is 66.7 Å². The first-order valence-corrected chi connectivity index (χ1v) is 12.8. The van der Waals surface area contributed by atoms with Gasteiger partial charge in [0.25, 0.3) is 0 Å². The molecule has 2 heterocycles. The summed E-state index contributed by atoms with van der Waals surface area (Å²) in [6.07, 6.45) is -1.53. The van der Waals surface area contributed by atoms with Crippen LogP contribution in [0.15, 0.2) is 84.9 Å². The van der Waals surface area contributed by atoms with Crippen molar-refractivity contribution in [1.29, 1.82) is 0 Å². The number of nitrogens with zero attached hydrogens (tertiary/aromatic N) is 3. The minimum Gasteiger partial charge on any atom is -0.478 e. The summed E-state index contributed by atoms with van der Waals surface area (Å²) >= 11 is 6.22. The quantitative estimate of drug-likeness (QED) is 0.350. The fourth-order valence-electron chi connectivity index (χ4n) is 5.09. The predicted molar refractivity (Wildman–Crippen MR) is 148 cm³/mol. The molecule has 0 aliphatic carbocycles. The van der Waals surface area contributed by atoms with Crippen LogP contribution in [0.5, 0.6) is 6.01 Å². The van der Waals surface area contributed by atoms with Gasteiger partial charge in [-0.1, -0.05) is 72.3 Å². The third kappa shape index (κ3) is 5.21. The number of fused-ring (bicyclic) bond motifs is 1. The van der Waals surface area contributed by atoms with E-state index in [1.165, 1.54) is 0 Å². The molecular formula is C30H27ClN4O4. The Balaban J connectivity index is 1.72. The highest BCUT2D eigenvalue weighted by molar-refractivity contribution is 6.30. The number of carbonyl (C=O) groups excluding carboxylic acids is 1. The summed E-state index contributed by atoms with van der Waals surface area (Å²) in [5.74, 6) is -1.47. The third-order valence-electron chi connectivity index (χ3n) is 6.70. The van der Waals surface area contributed by atoms with E-state index >= 15 is 0 Å². The normalized spacial score (nSPS) is 17.7. The minimum absolute atomic E-state index is 0.0548. The maximum atomic E-state index is 13.6. The zero-order chi connectivity index (χ0) is 27.6. The van der Waals surface area contributed by atoms with Crippen LogP contribution in [0.3, 0.4) is 0 Å². The summed E-state index contributed by atoms with van der Waals surface area (Å²) in [7, 11) is 0. The van der Waals surface area contributed by atoms with Gasteiger partial charge in [-0.2, -0.15) is 0 Å². The molecule has 198 valence electrons. The molecule has 2 atom stereocenters. The molecule has 0 fully saturated rings. The van der Waals surface area contributed by atoms with Crippen LogP contribution in [0, 0.1) is 13.8 Å². The topological polar surface area (TPSA) is 105 Å². The van der Waals surface area contributed by atoms with Gasteiger partial charge < -0.3 is 14.7 Å². The molecule has 1 amide bonds. The zero-order valence-corrected chi connectivity index (χ0v) is 22.2. The van der Waals surface area contributed by atoms with Crippen LogP contribution >= 0.6 is 11.6 Å². The van der Waals surface area contributed by atoms with Gasteiger partial charge in [-0.25, -0.2) is 14.8 Å². The summed E-state index contributed by atoms with van der Waals surface area (Å²) in [6, 6.07) is 25.4. The Hall–Kier alpha value is -4.27. The number of carbonyl (C=O) groups is 2. The van der Waals surface area contributed by atoms with Gasteiger partial charge in [-0.05, 0) is 49.2 Å². The first-order chi connectivity index (χ1) is 18.8. The van der Waals surface area contributed by atoms with Crippen LogP contribution in [0.2, 0.25) is 5.02 Å². The predicted octanol–water partition coefficient (Wildman–Crippen LogP) is 4.66. The number of carboxylic acid groups (broad SMARTS) is 1. The van der Waals surface area contributed by atoms with Crippen molar-refractivity contribution in [2.45, 2.75) is 32.0 Å². The lowest BCUT2D eigenvalue weighted by Crippen LogP contribution is -2.58. The molecule has 1 aromatic heterocycles. The molecule has 0 bridgehead atoms. The van der Waals surface area contributed by atoms with Crippen molar-refractivity contribution in [1.82, 2.24) is 15.3 Å². The van der Waals surface area contributed by atoms with Crippen LogP contribution in [0.25, 0.3) is 0 Å². The number of aliphatic carboxylic acids is 1. The van der Waals surface area contributed by atoms with Gasteiger partial charge in [0.1, 0.15) is 5.54 Å². The number of rotatable bonds is 7. The van der Waals surface area contributed by atoms with Crippen molar-refractivity contribution in [2.75, 3.05) is 11.4 Å². The number of anilines is 1. The van der Waals surface area contributed by atoms with Gasteiger partial charge >= 0.3 is 12.0 Å². The highest BCUT2D eigenvalue weighted by Crippen LogP contribution is 2.42. The Bertz CT molecular complexity index is 1510. The highest BCUT2D eigenvalue weighted by Gasteiger charge is 2.52. The second-order valence-corrected chi connectivity index (χ2v) is 9.86. The van der Waals surface area contributed by atoms with Gasteiger partial charge in [0.2, 0.25) is 12.0 Å². The van der Waals surface area contributed by atoms with Crippen LogP contribution in [0.4, 0.5) is 5.69 Å². The molecule has 4 aromatic rings. The van der Waals surface area contributed by atoms with Gasteiger partial charge in [0, 0.05) is 27.7 Å². The number of nitrogens with one attached hydrogen (secondary N) is 1. The molecule has 3 aromatic carbocycles. The van der Waals surface area contributed by atoms with Crippen molar-refractivity contribution in [3.8, 4) is 6.01 Å². The fraction of sp³-hybridized carbons (Fsp3) is 0.200. The summed E-state index contributed by atoms with van der Waals surface area (Å²) in [5, 5.41) is 14.5. The van der Waals surface area contributed by atoms with Gasteiger partial charge in [0.05, 0.1) is 13.1 Å². The van der Waals surface area contributed by atoms with Gasteiger partial charge in [-0.15, -0.1) is 0 Å². The largest absolute Gasteiger partial charge is 0.478 e. The van der Waals surface area contributed by atoms with Crippen molar-refractivity contribution < 1.29 is 19.4 Å². The van der Waals surface area contributed by atoms with Crippen LogP contribution in [-0.4, -0.2) is 39.6 Å². The number of aromatic nitrogens is 2. The van der Waals surface area contributed by atoms with Crippen molar-refractivity contribution in [3.63, 3.8) is 0 Å². The van der Waals surface area contributed by atoms with E-state index < -0.39 is 17.6 Å². The van der Waals surface area contributed by atoms with Crippen molar-refractivity contribution >= 4 is 29.2 Å². The lowest BCUT2D eigenvalue weighted by atomic mass is 9.77. The molecule has 39 heavy (non-hydrogen) atoms. The van der Waals surface area contributed by atoms with E-state index in [9.17, 15) is 14.7 Å². The minimum atomic E-state index is -1.53. The molecule has 2 N–H and O–H groups in total. The average Bonchev–Trinajstić information content (AvgIpc) is 3.03. The molecule has 0 spiro atoms. The van der Waals surface area contributed by atoms with Crippen LogP contribution in [-0.2, 0) is 21.7 Å². The maximum Gasteiger partial charge on any atom is 0.347 e. The number of amides is 1. The van der Waals surface area contributed by atoms with Crippen LogP contribution < -0.4 is 15.0 Å².